The topological polar surface area (TPSA) is 55.4 Å². The SMILES string of the molecule is C=C(C)S/C(C(C)=NC(CC)c1ccc(C(=C)C)cc1)=C(\C)N.Cc1ccc(S(=O)P)cc1. The molecule has 2 aromatic rings. The molecule has 0 saturated carbocycles. The van der Waals surface area contributed by atoms with Crippen LogP contribution in [0, 0.1) is 6.92 Å². The van der Waals surface area contributed by atoms with Crippen molar-refractivity contribution in [3.8, 4) is 0 Å². The van der Waals surface area contributed by atoms with Crippen molar-refractivity contribution in [2.45, 2.75) is 58.9 Å². The molecule has 0 saturated heterocycles. The van der Waals surface area contributed by atoms with Crippen LogP contribution < -0.4 is 5.73 Å². The summed E-state index contributed by atoms with van der Waals surface area (Å²) in [4.78, 5) is 7.79. The molecule has 0 amide bonds. The molecule has 0 heterocycles. The first-order valence-corrected chi connectivity index (χ1v) is 14.2. The third kappa shape index (κ3) is 10.2. The number of hydrogen-bond donors (Lipinski definition) is 1. The van der Waals surface area contributed by atoms with Gasteiger partial charge in [0.15, 0.2) is 0 Å². The van der Waals surface area contributed by atoms with Crippen molar-refractivity contribution in [1.29, 1.82) is 0 Å². The number of allylic oxidation sites excluding steroid dienone is 4. The van der Waals surface area contributed by atoms with Crippen molar-refractivity contribution in [3.63, 3.8) is 0 Å². The van der Waals surface area contributed by atoms with Crippen LogP contribution in [0.15, 0.2) is 87.1 Å². The van der Waals surface area contributed by atoms with Crippen molar-refractivity contribution in [2.75, 3.05) is 0 Å². The second-order valence-electron chi connectivity index (χ2n) is 7.97. The van der Waals surface area contributed by atoms with Gasteiger partial charge in [0.05, 0.1) is 21.4 Å². The molecule has 0 aliphatic carbocycles. The monoisotopic (exact) mass is 500 g/mol. The lowest BCUT2D eigenvalue weighted by atomic mass is 10.0. The van der Waals surface area contributed by atoms with Gasteiger partial charge in [0.2, 0.25) is 0 Å². The summed E-state index contributed by atoms with van der Waals surface area (Å²) in [7, 11) is 1.34. The minimum atomic E-state index is -0.921. The molecule has 0 spiro atoms. The maximum Gasteiger partial charge on any atom is 0.0750 e. The van der Waals surface area contributed by atoms with E-state index in [9.17, 15) is 4.21 Å². The summed E-state index contributed by atoms with van der Waals surface area (Å²) >= 11 is 1.59. The first-order chi connectivity index (χ1) is 15.5. The molecule has 33 heavy (non-hydrogen) atoms. The van der Waals surface area contributed by atoms with E-state index in [0.717, 1.165) is 38.1 Å². The summed E-state index contributed by atoms with van der Waals surface area (Å²) in [5.74, 6) is 0. The molecule has 3 unspecified atom stereocenters. The molecule has 6 heteroatoms. The Bertz CT molecular complexity index is 1030. The normalized spacial score (nSPS) is 13.8. The molecular formula is C27H37N2OPS2. The van der Waals surface area contributed by atoms with Crippen molar-refractivity contribution in [3.05, 3.63) is 93.9 Å². The van der Waals surface area contributed by atoms with Crippen molar-refractivity contribution < 1.29 is 4.21 Å². The van der Waals surface area contributed by atoms with E-state index in [0.29, 0.717) is 0 Å². The highest BCUT2D eigenvalue weighted by Gasteiger charge is 2.12. The Hall–Kier alpha value is -1.94. The van der Waals surface area contributed by atoms with Crippen LogP contribution >= 0.6 is 20.2 Å². The zero-order valence-electron chi connectivity index (χ0n) is 20.6. The quantitative estimate of drug-likeness (QED) is 0.295. The summed E-state index contributed by atoms with van der Waals surface area (Å²) in [5.41, 5.74) is 12.4. The summed E-state index contributed by atoms with van der Waals surface area (Å²) in [5, 5.41) is 0. The van der Waals surface area contributed by atoms with E-state index in [1.807, 2.05) is 58.9 Å². The molecule has 0 aromatic heterocycles. The minimum absolute atomic E-state index is 0.134. The van der Waals surface area contributed by atoms with Crippen LogP contribution in [-0.2, 0) is 10.4 Å². The van der Waals surface area contributed by atoms with Crippen LogP contribution in [0.3, 0.4) is 0 Å². The molecule has 2 rings (SSSR count). The Morgan fingerprint density at radius 2 is 1.61 bits per heavy atom. The minimum Gasteiger partial charge on any atom is -0.401 e. The van der Waals surface area contributed by atoms with E-state index in [1.165, 1.54) is 16.7 Å². The van der Waals surface area contributed by atoms with Gasteiger partial charge < -0.3 is 5.73 Å². The summed E-state index contributed by atoms with van der Waals surface area (Å²) in [6.07, 6.45) is 0.943. The number of nitrogens with two attached hydrogens (primary N) is 1. The molecule has 0 aliphatic rings. The van der Waals surface area contributed by atoms with E-state index in [-0.39, 0.29) is 6.04 Å². The average Bonchev–Trinajstić information content (AvgIpc) is 2.76. The second kappa shape index (κ2) is 14.3. The number of aryl methyl sites for hydroxylation is 1. The predicted molar refractivity (Wildman–Crippen MR) is 154 cm³/mol. The van der Waals surface area contributed by atoms with Gasteiger partial charge in [-0.2, -0.15) is 0 Å². The molecule has 0 fully saturated rings. The fourth-order valence-corrected chi connectivity index (χ4v) is 4.56. The van der Waals surface area contributed by atoms with E-state index < -0.39 is 10.4 Å². The third-order valence-corrected chi connectivity index (χ3v) is 7.46. The van der Waals surface area contributed by atoms with Gasteiger partial charge >= 0.3 is 0 Å². The van der Waals surface area contributed by atoms with Gasteiger partial charge in [-0.05, 0) is 77.6 Å². The number of thioether (sulfide) groups is 1. The van der Waals surface area contributed by atoms with Gasteiger partial charge in [-0.25, -0.2) is 0 Å². The lowest BCUT2D eigenvalue weighted by Gasteiger charge is -2.15. The Kier molecular flexibility index (Phi) is 12.7. The first-order valence-electron chi connectivity index (χ1n) is 10.8. The number of nitrogens with zero attached hydrogens (tertiary/aromatic N) is 1. The molecule has 3 atom stereocenters. The van der Waals surface area contributed by atoms with Crippen LogP contribution in [0.1, 0.15) is 63.8 Å². The largest absolute Gasteiger partial charge is 0.401 e. The highest BCUT2D eigenvalue weighted by Crippen LogP contribution is 2.29. The molecule has 0 bridgehead atoms. The van der Waals surface area contributed by atoms with E-state index in [4.69, 9.17) is 10.7 Å². The lowest BCUT2D eigenvalue weighted by molar-refractivity contribution is 0.691. The Labute approximate surface area is 209 Å². The third-order valence-electron chi connectivity index (χ3n) is 4.74. The molecule has 2 N–H and O–H groups in total. The first kappa shape index (κ1) is 29.1. The maximum absolute atomic E-state index is 10.8. The molecule has 3 nitrogen and oxygen atoms in total. The lowest BCUT2D eigenvalue weighted by Crippen LogP contribution is -2.06. The van der Waals surface area contributed by atoms with Gasteiger partial charge in [0.1, 0.15) is 0 Å². The van der Waals surface area contributed by atoms with Crippen molar-refractivity contribution in [1.82, 2.24) is 0 Å². The van der Waals surface area contributed by atoms with Crippen LogP contribution in [0.4, 0.5) is 0 Å². The van der Waals surface area contributed by atoms with Gasteiger partial charge in [0, 0.05) is 16.3 Å². The summed E-state index contributed by atoms with van der Waals surface area (Å²) in [6, 6.07) is 16.3. The van der Waals surface area contributed by atoms with Crippen LogP contribution in [0.2, 0.25) is 0 Å². The van der Waals surface area contributed by atoms with Gasteiger partial charge in [-0.15, -0.1) is 0 Å². The molecule has 0 radical (unpaired) electrons. The zero-order chi connectivity index (χ0) is 25.1. The van der Waals surface area contributed by atoms with E-state index in [2.05, 4.69) is 52.8 Å². The highest BCUT2D eigenvalue weighted by molar-refractivity contribution is 8.33. The number of aliphatic imine (C=N–C) groups is 1. The Morgan fingerprint density at radius 1 is 1.06 bits per heavy atom. The number of benzene rings is 2. The smallest absolute Gasteiger partial charge is 0.0750 e. The number of hydrogen-bond acceptors (Lipinski definition) is 4. The Morgan fingerprint density at radius 3 is 2.00 bits per heavy atom. The van der Waals surface area contributed by atoms with Gasteiger partial charge in [-0.3, -0.25) is 9.20 Å². The summed E-state index contributed by atoms with van der Waals surface area (Å²) < 4.78 is 10.8. The fourth-order valence-electron chi connectivity index (χ4n) is 2.97. The van der Waals surface area contributed by atoms with Gasteiger partial charge in [0.25, 0.3) is 0 Å². The van der Waals surface area contributed by atoms with Crippen LogP contribution in [0.5, 0.6) is 0 Å². The molecular weight excluding hydrogens is 463 g/mol. The highest BCUT2D eigenvalue weighted by atomic mass is 32.7. The van der Waals surface area contributed by atoms with E-state index in [1.54, 1.807) is 11.8 Å². The van der Waals surface area contributed by atoms with Crippen LogP contribution in [0.25, 0.3) is 5.57 Å². The summed E-state index contributed by atoms with van der Waals surface area (Å²) in [6.45, 7) is 20.0. The van der Waals surface area contributed by atoms with E-state index >= 15 is 0 Å². The number of rotatable bonds is 8. The van der Waals surface area contributed by atoms with Gasteiger partial charge in [-0.1, -0.05) is 79.4 Å². The predicted octanol–water partition coefficient (Wildman–Crippen LogP) is 7.98. The zero-order valence-corrected chi connectivity index (χ0v) is 23.4. The standard InChI is InChI=1S/C20H28N2S.C7H9OPS/c1-8-19(18-11-9-17(10-12-18)13(2)3)22-16(7)20(15(6)21)23-14(4)5;1-6-2-4-7(5-3-6)10(8)9/h9-12,19H,2,4,8,21H2,1,3,5-7H3;2-5H,9H2,1H3/b20-15+,22-16?;. The fraction of sp³-hybridized carbons (Fsp3) is 0.296. The molecule has 178 valence electrons. The average molecular weight is 501 g/mol. The van der Waals surface area contributed by atoms with Crippen molar-refractivity contribution in [2.24, 2.45) is 10.7 Å². The second-order valence-corrected chi connectivity index (χ2v) is 11.6. The maximum atomic E-state index is 10.8. The van der Waals surface area contributed by atoms with Crippen LogP contribution in [-0.4, -0.2) is 9.92 Å². The Balaban J connectivity index is 0.000000451. The molecule has 0 aliphatic heterocycles. The molecule has 2 aromatic carbocycles. The van der Waals surface area contributed by atoms with Crippen molar-refractivity contribution >= 4 is 41.9 Å².